The van der Waals surface area contributed by atoms with Gasteiger partial charge in [-0.05, 0) is 28.5 Å². The molecule has 0 unspecified atom stereocenters. The zero-order chi connectivity index (χ0) is 17.2. The van der Waals surface area contributed by atoms with Crippen LogP contribution in [0.15, 0.2) is 49.5 Å². The fourth-order valence-corrected chi connectivity index (χ4v) is 3.13. The average Bonchev–Trinajstić information content (AvgIpc) is 2.59. The lowest BCUT2D eigenvalue weighted by Crippen LogP contribution is -2.47. The zero-order valence-corrected chi connectivity index (χ0v) is 11.9. The topological polar surface area (TPSA) is 102 Å². The number of benzene rings is 3. The van der Waals surface area contributed by atoms with Gasteiger partial charge in [0.05, 0.1) is 5.39 Å². The quantitative estimate of drug-likeness (QED) is 0.430. The summed E-state index contributed by atoms with van der Waals surface area (Å²) in [5.74, 6) is -1.83. The normalized spacial score (nSPS) is 13.7. The van der Waals surface area contributed by atoms with E-state index in [4.69, 9.17) is 0 Å². The van der Waals surface area contributed by atoms with E-state index in [2.05, 4.69) is 0 Å². The second-order valence-electron chi connectivity index (χ2n) is 5.43. The number of carbonyl (C=O) groups is 2. The van der Waals surface area contributed by atoms with Crippen LogP contribution in [0.3, 0.4) is 0 Å². The molecule has 0 aliphatic heterocycles. The van der Waals surface area contributed by atoms with E-state index in [1.54, 1.807) is 18.2 Å². The Labute approximate surface area is 132 Å². The lowest BCUT2D eigenvalue weighted by atomic mass is 9.85. The second kappa shape index (κ2) is 4.48. The molecule has 0 atom stereocenters. The molecule has 3 aromatic carbocycles. The molecular formula is C18H6O6. The molecule has 0 radical (unpaired) electrons. The number of carbonyl (C=O) groups excluding carboxylic acids is 2. The summed E-state index contributed by atoms with van der Waals surface area (Å²) in [6, 6.07) is 6.40. The highest BCUT2D eigenvalue weighted by atomic mass is 16.2. The molecule has 24 heavy (non-hydrogen) atoms. The minimum Gasteiger partial charge on any atom is -0.286 e. The first-order chi connectivity index (χ1) is 11.4. The van der Waals surface area contributed by atoms with E-state index >= 15 is 0 Å². The standard InChI is InChI=1S/C18H6O6/c19-10-6-5-9-7-3-1-2-4-8(7)12-13(11(9)14(10)20)16(22)18(24)17(23)15(12)21/h1-6H. The van der Waals surface area contributed by atoms with Crippen molar-refractivity contribution in [2.45, 2.75) is 0 Å². The monoisotopic (exact) mass is 318 g/mol. The van der Waals surface area contributed by atoms with Gasteiger partial charge in [-0.3, -0.25) is 28.8 Å². The Morgan fingerprint density at radius 1 is 0.583 bits per heavy atom. The van der Waals surface area contributed by atoms with Crippen LogP contribution in [0.2, 0.25) is 0 Å². The van der Waals surface area contributed by atoms with Gasteiger partial charge in [0.1, 0.15) is 0 Å². The van der Waals surface area contributed by atoms with Crippen LogP contribution in [0.5, 0.6) is 0 Å². The molecule has 0 amide bonds. The summed E-state index contributed by atoms with van der Waals surface area (Å²) in [5.41, 5.74) is -5.27. The van der Waals surface area contributed by atoms with Gasteiger partial charge in [0.25, 0.3) is 10.9 Å². The molecule has 1 aliphatic rings. The molecule has 0 fully saturated rings. The maximum atomic E-state index is 12.3. The maximum Gasteiger partial charge on any atom is 0.277 e. The van der Waals surface area contributed by atoms with Crippen molar-refractivity contribution in [3.05, 3.63) is 82.4 Å². The summed E-state index contributed by atoms with van der Waals surface area (Å²) in [4.78, 5) is 72.2. The zero-order valence-electron chi connectivity index (χ0n) is 11.9. The highest BCUT2D eigenvalue weighted by Crippen LogP contribution is 2.32. The van der Waals surface area contributed by atoms with Gasteiger partial charge in [-0.15, -0.1) is 0 Å². The number of hydrogen-bond acceptors (Lipinski definition) is 6. The van der Waals surface area contributed by atoms with E-state index in [0.717, 1.165) is 6.08 Å². The molecule has 0 aromatic heterocycles. The van der Waals surface area contributed by atoms with Gasteiger partial charge in [-0.1, -0.05) is 24.3 Å². The lowest BCUT2D eigenvalue weighted by Gasteiger charge is -2.14. The first-order valence-corrected chi connectivity index (χ1v) is 6.96. The number of hydrogen-bond donors (Lipinski definition) is 0. The smallest absolute Gasteiger partial charge is 0.277 e. The third-order valence-electron chi connectivity index (χ3n) is 4.18. The van der Waals surface area contributed by atoms with Crippen molar-refractivity contribution in [2.75, 3.05) is 0 Å². The van der Waals surface area contributed by atoms with Crippen LogP contribution >= 0.6 is 0 Å². The predicted octanol–water partition coefficient (Wildman–Crippen LogP) is 0.0880. The van der Waals surface area contributed by atoms with Crippen LogP contribution in [0.1, 0.15) is 15.9 Å². The van der Waals surface area contributed by atoms with Gasteiger partial charge in [-0.2, -0.15) is 0 Å². The molecule has 0 saturated carbocycles. The van der Waals surface area contributed by atoms with E-state index < -0.39 is 38.7 Å². The molecule has 0 bridgehead atoms. The number of allylic oxidation sites excluding steroid dienone is 1. The van der Waals surface area contributed by atoms with E-state index in [1.165, 1.54) is 12.1 Å². The Morgan fingerprint density at radius 2 is 1.17 bits per heavy atom. The summed E-state index contributed by atoms with van der Waals surface area (Å²) in [6.45, 7) is 0. The highest BCUT2D eigenvalue weighted by Gasteiger charge is 2.29. The van der Waals surface area contributed by atoms with Crippen molar-refractivity contribution in [3.8, 4) is 0 Å². The van der Waals surface area contributed by atoms with Crippen molar-refractivity contribution in [1.82, 2.24) is 0 Å². The molecule has 1 aliphatic carbocycles. The molecule has 6 heteroatoms. The molecule has 0 saturated heterocycles. The SMILES string of the molecule is O=C1C=Cc2c(c3c(=O)c(=O)c(=O)c(=O)c3c3ccccc23)C1=O. The van der Waals surface area contributed by atoms with Gasteiger partial charge in [0.15, 0.2) is 0 Å². The van der Waals surface area contributed by atoms with Gasteiger partial charge in [0.2, 0.25) is 22.4 Å². The number of ketones is 2. The van der Waals surface area contributed by atoms with Crippen LogP contribution in [-0.4, -0.2) is 11.6 Å². The van der Waals surface area contributed by atoms with Crippen molar-refractivity contribution >= 4 is 39.2 Å². The van der Waals surface area contributed by atoms with Gasteiger partial charge in [0, 0.05) is 10.9 Å². The van der Waals surface area contributed by atoms with E-state index in [0.29, 0.717) is 5.39 Å². The molecule has 0 heterocycles. The van der Waals surface area contributed by atoms with Crippen LogP contribution < -0.4 is 21.7 Å². The first-order valence-electron chi connectivity index (χ1n) is 6.96. The summed E-state index contributed by atoms with van der Waals surface area (Å²) >= 11 is 0. The van der Waals surface area contributed by atoms with Crippen molar-refractivity contribution in [3.63, 3.8) is 0 Å². The Hall–Kier alpha value is -3.54. The highest BCUT2D eigenvalue weighted by molar-refractivity contribution is 6.52. The van der Waals surface area contributed by atoms with Crippen molar-refractivity contribution < 1.29 is 9.59 Å². The van der Waals surface area contributed by atoms with Gasteiger partial charge >= 0.3 is 0 Å². The molecular weight excluding hydrogens is 312 g/mol. The van der Waals surface area contributed by atoms with E-state index in [-0.39, 0.29) is 21.9 Å². The third-order valence-corrected chi connectivity index (χ3v) is 4.18. The molecule has 0 N–H and O–H groups in total. The lowest BCUT2D eigenvalue weighted by molar-refractivity contribution is -0.110. The Kier molecular flexibility index (Phi) is 2.63. The van der Waals surface area contributed by atoms with Crippen molar-refractivity contribution in [1.29, 1.82) is 0 Å². The molecule has 0 spiro atoms. The minimum atomic E-state index is -1.49. The van der Waals surface area contributed by atoms with E-state index in [9.17, 15) is 28.8 Å². The summed E-state index contributed by atoms with van der Waals surface area (Å²) < 4.78 is 0. The number of rotatable bonds is 0. The Morgan fingerprint density at radius 3 is 1.83 bits per heavy atom. The average molecular weight is 318 g/mol. The van der Waals surface area contributed by atoms with Gasteiger partial charge < -0.3 is 0 Å². The van der Waals surface area contributed by atoms with Crippen LogP contribution in [-0.2, 0) is 4.79 Å². The second-order valence-corrected chi connectivity index (χ2v) is 5.43. The summed E-state index contributed by atoms with van der Waals surface area (Å²) in [6.07, 6.45) is 2.45. The number of fused-ring (bicyclic) bond motifs is 6. The van der Waals surface area contributed by atoms with Crippen molar-refractivity contribution in [2.24, 2.45) is 0 Å². The first kappa shape index (κ1) is 14.1. The molecule has 4 rings (SSSR count). The Balaban J connectivity index is 2.55. The molecule has 114 valence electrons. The van der Waals surface area contributed by atoms with Crippen LogP contribution in [0.25, 0.3) is 27.6 Å². The number of Topliss-reactive ketones (excluding diaryl/α,β-unsaturated/α-hetero) is 1. The minimum absolute atomic E-state index is 0.282. The maximum absolute atomic E-state index is 12.3. The van der Waals surface area contributed by atoms with Crippen LogP contribution in [0.4, 0.5) is 0 Å². The Bertz CT molecular complexity index is 1350. The molecule has 6 nitrogen and oxygen atoms in total. The van der Waals surface area contributed by atoms with E-state index in [1.807, 2.05) is 0 Å². The summed E-state index contributed by atoms with van der Waals surface area (Å²) in [5, 5.41) is 0.0142. The fourth-order valence-electron chi connectivity index (χ4n) is 3.13. The predicted molar refractivity (Wildman–Crippen MR) is 87.3 cm³/mol. The van der Waals surface area contributed by atoms with Crippen LogP contribution in [0, 0.1) is 0 Å². The van der Waals surface area contributed by atoms with Gasteiger partial charge in [-0.25, -0.2) is 0 Å². The molecule has 3 aromatic rings. The largest absolute Gasteiger partial charge is 0.286 e. The fraction of sp³-hybridized carbons (Fsp3) is 0. The third kappa shape index (κ3) is 1.54. The summed E-state index contributed by atoms with van der Waals surface area (Å²) in [7, 11) is 0.